The number of halogens is 2. The van der Waals surface area contributed by atoms with Gasteiger partial charge < -0.3 is 25.8 Å². The summed E-state index contributed by atoms with van der Waals surface area (Å²) < 4.78 is 30.3. The molecule has 0 aromatic carbocycles. The van der Waals surface area contributed by atoms with Gasteiger partial charge >= 0.3 is 6.03 Å². The van der Waals surface area contributed by atoms with Crippen molar-refractivity contribution in [2.45, 2.75) is 50.6 Å². The van der Waals surface area contributed by atoms with Crippen molar-refractivity contribution in [3.63, 3.8) is 0 Å². The van der Waals surface area contributed by atoms with E-state index in [9.17, 15) is 19.0 Å². The number of aryl methyl sites for hydroxylation is 1. The molecule has 0 spiro atoms. The Balaban J connectivity index is 1.45. The number of hydrogen-bond donors (Lipinski definition) is 4. The molecule has 9 nitrogen and oxygen atoms in total. The highest BCUT2D eigenvalue weighted by Crippen LogP contribution is 2.40. The van der Waals surface area contributed by atoms with Crippen LogP contribution in [-0.4, -0.2) is 89.7 Å². The van der Waals surface area contributed by atoms with Gasteiger partial charge in [-0.2, -0.15) is 5.10 Å². The first kappa shape index (κ1) is 26.4. The van der Waals surface area contributed by atoms with Crippen molar-refractivity contribution in [1.29, 1.82) is 5.41 Å². The van der Waals surface area contributed by atoms with E-state index in [1.165, 1.54) is 0 Å². The molecule has 1 aromatic rings. The number of amidine groups is 1. The van der Waals surface area contributed by atoms with Crippen LogP contribution in [0.15, 0.2) is 41.4 Å². The standard InChI is InChI=1S/C27H38F2N8O/c1-31-27(38)36-11-7-23(34-19-5-8-32-9-6-19)22(16-36)26(30)37-10-3-4-17-12-20(18-14-33-35(2)15-18)21(25(28)29)13-24(17)37/h12-15,17,19,24-25,30,32,34H,3-11,16H2,1-2H3,(H,31,38). The summed E-state index contributed by atoms with van der Waals surface area (Å²) in [5.41, 5.74) is 3.02. The molecule has 4 aliphatic rings. The minimum absolute atomic E-state index is 0.00313. The Morgan fingerprint density at radius 2 is 2.00 bits per heavy atom. The molecule has 1 aliphatic carbocycles. The zero-order chi connectivity index (χ0) is 26.8. The average Bonchev–Trinajstić information content (AvgIpc) is 3.38. The second-order valence-electron chi connectivity index (χ2n) is 10.6. The van der Waals surface area contributed by atoms with E-state index in [1.807, 2.05) is 11.0 Å². The number of hydrogen-bond acceptors (Lipinski definition) is 5. The highest BCUT2D eigenvalue weighted by atomic mass is 19.3. The molecule has 2 fully saturated rings. The highest BCUT2D eigenvalue weighted by Gasteiger charge is 2.38. The number of aromatic nitrogens is 2. The van der Waals surface area contributed by atoms with Gasteiger partial charge in [0, 0.05) is 74.2 Å². The number of carbonyl (C=O) groups is 1. The van der Waals surface area contributed by atoms with Crippen molar-refractivity contribution in [3.05, 3.63) is 47.0 Å². The first-order chi connectivity index (χ1) is 18.4. The topological polar surface area (TPSA) is 101 Å². The lowest BCUT2D eigenvalue weighted by molar-refractivity contribution is 0.184. The lowest BCUT2D eigenvalue weighted by Crippen LogP contribution is -2.52. The number of alkyl halides is 2. The molecule has 2 saturated heterocycles. The molecule has 5 rings (SSSR count). The maximum atomic E-state index is 14.3. The Labute approximate surface area is 222 Å². The second kappa shape index (κ2) is 11.3. The van der Waals surface area contributed by atoms with Gasteiger partial charge in [0.2, 0.25) is 0 Å². The van der Waals surface area contributed by atoms with Crippen molar-refractivity contribution in [1.82, 2.24) is 35.5 Å². The van der Waals surface area contributed by atoms with Gasteiger partial charge in [-0.25, -0.2) is 13.6 Å². The number of piperidine rings is 2. The summed E-state index contributed by atoms with van der Waals surface area (Å²) in [5, 5.41) is 23.3. The Bertz CT molecular complexity index is 1150. The quantitative estimate of drug-likeness (QED) is 0.348. The van der Waals surface area contributed by atoms with Crippen LogP contribution < -0.4 is 16.0 Å². The van der Waals surface area contributed by atoms with Crippen LogP contribution in [0, 0.1) is 11.3 Å². The van der Waals surface area contributed by atoms with E-state index >= 15 is 0 Å². The predicted octanol–water partition coefficient (Wildman–Crippen LogP) is 2.71. The van der Waals surface area contributed by atoms with Gasteiger partial charge in [-0.15, -0.1) is 0 Å². The van der Waals surface area contributed by atoms with Crippen LogP contribution in [0.25, 0.3) is 5.57 Å². The fraction of sp³-hybridized carbons (Fsp3) is 0.593. The number of fused-ring (bicyclic) bond motifs is 1. The molecule has 3 aliphatic heterocycles. The predicted molar refractivity (Wildman–Crippen MR) is 143 cm³/mol. The van der Waals surface area contributed by atoms with Gasteiger partial charge in [-0.1, -0.05) is 12.2 Å². The SMILES string of the molecule is CNC(=O)N1CCC(NC2CCNCC2)=C(C(=N)N2CCCC3C=C(c4cnn(C)c4)C(C(F)F)=CC32)C1. The van der Waals surface area contributed by atoms with Gasteiger partial charge in [0.1, 0.15) is 5.84 Å². The first-order valence-corrected chi connectivity index (χ1v) is 13.6. The molecule has 2 atom stereocenters. The zero-order valence-corrected chi connectivity index (χ0v) is 22.1. The summed E-state index contributed by atoms with van der Waals surface area (Å²) in [6.45, 7) is 3.41. The molecule has 0 bridgehead atoms. The van der Waals surface area contributed by atoms with Crippen molar-refractivity contribution in [2.24, 2.45) is 13.0 Å². The number of nitrogens with zero attached hydrogens (tertiary/aromatic N) is 4. The van der Waals surface area contributed by atoms with Crippen molar-refractivity contribution < 1.29 is 13.6 Å². The van der Waals surface area contributed by atoms with E-state index in [4.69, 9.17) is 0 Å². The molecular weight excluding hydrogens is 490 g/mol. The van der Waals surface area contributed by atoms with E-state index < -0.39 is 6.43 Å². The van der Waals surface area contributed by atoms with Gasteiger partial charge in [0.25, 0.3) is 6.43 Å². The van der Waals surface area contributed by atoms with E-state index in [1.54, 1.807) is 42.1 Å². The van der Waals surface area contributed by atoms with Crippen LogP contribution >= 0.6 is 0 Å². The van der Waals surface area contributed by atoms with E-state index in [2.05, 4.69) is 21.0 Å². The molecular formula is C27H38F2N8O. The number of urea groups is 1. The smallest absolute Gasteiger partial charge is 0.317 e. The summed E-state index contributed by atoms with van der Waals surface area (Å²) in [4.78, 5) is 16.2. The number of amides is 2. The number of allylic oxidation sites excluding steroid dienone is 2. The van der Waals surface area contributed by atoms with E-state index in [0.29, 0.717) is 49.1 Å². The number of carbonyl (C=O) groups excluding carboxylic acids is 1. The maximum absolute atomic E-state index is 14.3. The zero-order valence-electron chi connectivity index (χ0n) is 22.1. The Kier molecular flexibility index (Phi) is 7.83. The van der Waals surface area contributed by atoms with Crippen molar-refractivity contribution in [3.8, 4) is 0 Å². The summed E-state index contributed by atoms with van der Waals surface area (Å²) in [7, 11) is 3.39. The lowest BCUT2D eigenvalue weighted by Gasteiger charge is -2.44. The van der Waals surface area contributed by atoms with Crippen LogP contribution in [-0.2, 0) is 7.05 Å². The van der Waals surface area contributed by atoms with Crippen LogP contribution in [0.2, 0.25) is 0 Å². The normalized spacial score (nSPS) is 24.7. The monoisotopic (exact) mass is 528 g/mol. The highest BCUT2D eigenvalue weighted by molar-refractivity contribution is 5.98. The second-order valence-corrected chi connectivity index (χ2v) is 10.6. The molecule has 1 aromatic heterocycles. The third-order valence-corrected chi connectivity index (χ3v) is 8.16. The van der Waals surface area contributed by atoms with Gasteiger partial charge in [-0.3, -0.25) is 10.1 Å². The van der Waals surface area contributed by atoms with E-state index in [0.717, 1.165) is 50.0 Å². The summed E-state index contributed by atoms with van der Waals surface area (Å²) in [6, 6.07) is -0.183. The lowest BCUT2D eigenvalue weighted by atomic mass is 9.79. The molecule has 38 heavy (non-hydrogen) atoms. The summed E-state index contributed by atoms with van der Waals surface area (Å²) in [5.74, 6) is 0.342. The van der Waals surface area contributed by atoms with Crippen LogP contribution in [0.3, 0.4) is 0 Å². The van der Waals surface area contributed by atoms with Gasteiger partial charge in [0.05, 0.1) is 18.8 Å². The molecule has 206 valence electrons. The Hall–Kier alpha value is -3.21. The Morgan fingerprint density at radius 3 is 2.68 bits per heavy atom. The van der Waals surface area contributed by atoms with Gasteiger partial charge in [-0.05, 0) is 44.3 Å². The number of nitrogens with one attached hydrogen (secondary N) is 4. The van der Waals surface area contributed by atoms with Gasteiger partial charge in [0.15, 0.2) is 0 Å². The molecule has 0 radical (unpaired) electrons. The number of likely N-dealkylation sites (tertiary alicyclic amines) is 1. The van der Waals surface area contributed by atoms with Crippen LogP contribution in [0.4, 0.5) is 13.6 Å². The van der Waals surface area contributed by atoms with Crippen LogP contribution in [0.5, 0.6) is 0 Å². The third-order valence-electron chi connectivity index (χ3n) is 8.16. The molecule has 11 heteroatoms. The average molecular weight is 529 g/mol. The van der Waals surface area contributed by atoms with E-state index in [-0.39, 0.29) is 23.6 Å². The Morgan fingerprint density at radius 1 is 1.21 bits per heavy atom. The molecule has 0 saturated carbocycles. The molecule has 2 unspecified atom stereocenters. The molecule has 4 heterocycles. The fourth-order valence-corrected chi connectivity index (χ4v) is 6.16. The van der Waals surface area contributed by atoms with Crippen LogP contribution in [0.1, 0.15) is 37.7 Å². The minimum atomic E-state index is -2.63. The first-order valence-electron chi connectivity index (χ1n) is 13.6. The fourth-order valence-electron chi connectivity index (χ4n) is 6.16. The summed E-state index contributed by atoms with van der Waals surface area (Å²) >= 11 is 0. The van der Waals surface area contributed by atoms with Crippen molar-refractivity contribution in [2.75, 3.05) is 39.8 Å². The maximum Gasteiger partial charge on any atom is 0.317 e. The third kappa shape index (κ3) is 5.34. The summed E-state index contributed by atoms with van der Waals surface area (Å²) in [6.07, 6.45) is 8.77. The van der Waals surface area contributed by atoms with Crippen molar-refractivity contribution >= 4 is 17.4 Å². The number of rotatable bonds is 5. The largest absolute Gasteiger partial charge is 0.385 e. The minimum Gasteiger partial charge on any atom is -0.385 e. The molecule has 4 N–H and O–H groups in total. The molecule has 2 amide bonds.